The second kappa shape index (κ2) is 5.66. The first-order valence-corrected chi connectivity index (χ1v) is 7.06. The van der Waals surface area contributed by atoms with Crippen LogP contribution in [0.1, 0.15) is 43.7 Å². The molecule has 124 valence electrons. The number of hydrogen-bond donors (Lipinski definition) is 0. The Morgan fingerprint density at radius 1 is 1.09 bits per heavy atom. The predicted octanol–water partition coefficient (Wildman–Crippen LogP) is 5.36. The van der Waals surface area contributed by atoms with Crippen LogP contribution in [-0.4, -0.2) is 18.8 Å². The Hall–Kier alpha value is -1.40. The fourth-order valence-corrected chi connectivity index (χ4v) is 2.89. The highest BCUT2D eigenvalue weighted by atomic mass is 19.4. The highest BCUT2D eigenvalue weighted by Crippen LogP contribution is 2.41. The zero-order valence-corrected chi connectivity index (χ0v) is 12.2. The van der Waals surface area contributed by atoms with Gasteiger partial charge in [0.25, 0.3) is 0 Å². The molecule has 1 nitrogen and oxygen atoms in total. The van der Waals surface area contributed by atoms with E-state index >= 15 is 0 Å². The molecule has 0 aliphatic carbocycles. The van der Waals surface area contributed by atoms with E-state index in [0.29, 0.717) is 6.42 Å². The molecule has 0 radical (unpaired) electrons. The van der Waals surface area contributed by atoms with Crippen molar-refractivity contribution in [3.63, 3.8) is 0 Å². The van der Waals surface area contributed by atoms with Gasteiger partial charge >= 0.3 is 12.4 Å². The molecular weight excluding hydrogens is 308 g/mol. The molecule has 1 aliphatic rings. The fourth-order valence-electron chi connectivity index (χ4n) is 2.89. The molecule has 1 aliphatic heterocycles. The number of hydrogen-bond acceptors (Lipinski definition) is 1. The van der Waals surface area contributed by atoms with Crippen LogP contribution >= 0.6 is 0 Å². The summed E-state index contributed by atoms with van der Waals surface area (Å²) in [5, 5.41) is 0. The average molecular weight is 325 g/mol. The SMILES string of the molecule is CC(C)c1ccc(N2CCCC2C(F)(F)F)cc1C(F)(F)F. The zero-order chi connectivity index (χ0) is 16.7. The fraction of sp³-hybridized carbons (Fsp3) is 0.600. The van der Waals surface area contributed by atoms with Crippen molar-refractivity contribution < 1.29 is 26.3 Å². The van der Waals surface area contributed by atoms with Crippen LogP contribution in [0.25, 0.3) is 0 Å². The number of alkyl halides is 6. The van der Waals surface area contributed by atoms with Crippen LogP contribution in [0.5, 0.6) is 0 Å². The van der Waals surface area contributed by atoms with Gasteiger partial charge in [0.2, 0.25) is 0 Å². The standard InChI is InChI=1S/C15H17F6N/c1-9(2)11-6-5-10(8-12(11)14(16,17)18)22-7-3-4-13(22)15(19,20)21/h5-6,8-9,13H,3-4,7H2,1-2H3. The molecule has 0 N–H and O–H groups in total. The largest absolute Gasteiger partial charge is 0.416 e. The predicted molar refractivity (Wildman–Crippen MR) is 72.0 cm³/mol. The van der Waals surface area contributed by atoms with Crippen molar-refractivity contribution in [2.24, 2.45) is 0 Å². The summed E-state index contributed by atoms with van der Waals surface area (Å²) in [7, 11) is 0. The summed E-state index contributed by atoms with van der Waals surface area (Å²) in [5.74, 6) is -0.359. The van der Waals surface area contributed by atoms with Crippen molar-refractivity contribution in [1.82, 2.24) is 0 Å². The minimum absolute atomic E-state index is 0.0171. The molecule has 1 heterocycles. The number of benzene rings is 1. The van der Waals surface area contributed by atoms with Crippen LogP contribution in [-0.2, 0) is 6.18 Å². The summed E-state index contributed by atoms with van der Waals surface area (Å²) in [4.78, 5) is 1.03. The van der Waals surface area contributed by atoms with Crippen molar-refractivity contribution in [3.8, 4) is 0 Å². The number of nitrogens with zero attached hydrogens (tertiary/aromatic N) is 1. The monoisotopic (exact) mass is 325 g/mol. The summed E-state index contributed by atoms with van der Waals surface area (Å²) >= 11 is 0. The Kier molecular flexibility index (Phi) is 4.37. The highest BCUT2D eigenvalue weighted by Gasteiger charge is 2.46. The van der Waals surface area contributed by atoms with Crippen LogP contribution in [0.3, 0.4) is 0 Å². The van der Waals surface area contributed by atoms with E-state index in [9.17, 15) is 26.3 Å². The summed E-state index contributed by atoms with van der Waals surface area (Å²) < 4.78 is 78.4. The molecule has 0 aromatic heterocycles. The molecule has 1 atom stereocenters. The van der Waals surface area contributed by atoms with E-state index in [4.69, 9.17) is 0 Å². The minimum atomic E-state index is -4.58. The molecule has 0 spiro atoms. The van der Waals surface area contributed by atoms with E-state index in [1.54, 1.807) is 13.8 Å². The van der Waals surface area contributed by atoms with Gasteiger partial charge in [-0.25, -0.2) is 0 Å². The topological polar surface area (TPSA) is 3.24 Å². The van der Waals surface area contributed by atoms with Gasteiger partial charge < -0.3 is 4.90 Å². The molecule has 1 aromatic carbocycles. The van der Waals surface area contributed by atoms with E-state index in [0.717, 1.165) is 11.0 Å². The van der Waals surface area contributed by atoms with Crippen molar-refractivity contribution in [2.45, 2.75) is 51.0 Å². The first-order chi connectivity index (χ1) is 10.0. The van der Waals surface area contributed by atoms with Gasteiger partial charge in [0.05, 0.1) is 5.56 Å². The Labute approximate surface area is 124 Å². The molecule has 2 rings (SSSR count). The summed E-state index contributed by atoms with van der Waals surface area (Å²) in [6, 6.07) is 1.78. The van der Waals surface area contributed by atoms with Gasteiger partial charge in [-0.05, 0) is 36.5 Å². The Bertz CT molecular complexity index is 532. The molecular formula is C15H17F6N. The highest BCUT2D eigenvalue weighted by molar-refractivity contribution is 5.54. The van der Waals surface area contributed by atoms with Crippen LogP contribution in [0.2, 0.25) is 0 Å². The Morgan fingerprint density at radius 2 is 1.73 bits per heavy atom. The molecule has 1 fully saturated rings. The van der Waals surface area contributed by atoms with Crippen LogP contribution < -0.4 is 4.90 Å². The molecule has 22 heavy (non-hydrogen) atoms. The lowest BCUT2D eigenvalue weighted by Crippen LogP contribution is -2.41. The van der Waals surface area contributed by atoms with Gasteiger partial charge in [0.15, 0.2) is 0 Å². The summed E-state index contributed by atoms with van der Waals surface area (Å²) in [5.41, 5.74) is -0.775. The number of halogens is 6. The van der Waals surface area contributed by atoms with Crippen LogP contribution in [0, 0.1) is 0 Å². The van der Waals surface area contributed by atoms with E-state index < -0.39 is 24.0 Å². The lowest BCUT2D eigenvalue weighted by Gasteiger charge is -2.29. The van der Waals surface area contributed by atoms with Gasteiger partial charge in [0, 0.05) is 12.2 Å². The molecule has 0 bridgehead atoms. The first-order valence-electron chi connectivity index (χ1n) is 7.06. The van der Waals surface area contributed by atoms with Crippen molar-refractivity contribution >= 4 is 5.69 Å². The van der Waals surface area contributed by atoms with E-state index in [2.05, 4.69) is 0 Å². The molecule has 1 saturated heterocycles. The van der Waals surface area contributed by atoms with Gasteiger partial charge in [-0.2, -0.15) is 26.3 Å². The van der Waals surface area contributed by atoms with E-state index in [1.807, 2.05) is 0 Å². The molecule has 0 amide bonds. The van der Waals surface area contributed by atoms with Crippen molar-refractivity contribution in [3.05, 3.63) is 29.3 Å². The normalized spacial score (nSPS) is 20.0. The zero-order valence-electron chi connectivity index (χ0n) is 12.2. The second-order valence-electron chi connectivity index (χ2n) is 5.82. The second-order valence-corrected chi connectivity index (χ2v) is 5.82. The van der Waals surface area contributed by atoms with Crippen LogP contribution in [0.15, 0.2) is 18.2 Å². The number of rotatable bonds is 2. The molecule has 1 aromatic rings. The lowest BCUT2D eigenvalue weighted by atomic mass is 9.96. The van der Waals surface area contributed by atoms with E-state index in [1.165, 1.54) is 12.1 Å². The lowest BCUT2D eigenvalue weighted by molar-refractivity contribution is -0.145. The third-order valence-electron chi connectivity index (χ3n) is 3.93. The van der Waals surface area contributed by atoms with Crippen molar-refractivity contribution in [2.75, 3.05) is 11.4 Å². The number of anilines is 1. The maximum atomic E-state index is 13.2. The summed E-state index contributed by atoms with van der Waals surface area (Å²) in [6.45, 7) is 3.36. The third kappa shape index (κ3) is 3.33. The maximum absolute atomic E-state index is 13.2. The molecule has 0 saturated carbocycles. The van der Waals surface area contributed by atoms with E-state index in [-0.39, 0.29) is 30.1 Å². The van der Waals surface area contributed by atoms with Crippen molar-refractivity contribution in [1.29, 1.82) is 0 Å². The summed E-state index contributed by atoms with van der Waals surface area (Å²) in [6.07, 6.45) is -8.79. The first kappa shape index (κ1) is 17.0. The Balaban J connectivity index is 2.45. The molecule has 1 unspecified atom stereocenters. The minimum Gasteiger partial charge on any atom is -0.360 e. The van der Waals surface area contributed by atoms with Crippen LogP contribution in [0.4, 0.5) is 32.0 Å². The maximum Gasteiger partial charge on any atom is 0.416 e. The average Bonchev–Trinajstić information content (AvgIpc) is 2.85. The van der Waals surface area contributed by atoms with Gasteiger partial charge in [-0.15, -0.1) is 0 Å². The molecule has 7 heteroatoms. The quantitative estimate of drug-likeness (QED) is 0.662. The third-order valence-corrected chi connectivity index (χ3v) is 3.93. The Morgan fingerprint density at radius 3 is 2.23 bits per heavy atom. The van der Waals surface area contributed by atoms with Gasteiger partial charge in [-0.1, -0.05) is 19.9 Å². The van der Waals surface area contributed by atoms with Gasteiger partial charge in [0.1, 0.15) is 6.04 Å². The van der Waals surface area contributed by atoms with Gasteiger partial charge in [-0.3, -0.25) is 0 Å². The smallest absolute Gasteiger partial charge is 0.360 e.